The smallest absolute Gasteiger partial charge is 0.285 e. The molecule has 2 amide bonds. The molecular formula is C36H41ClN4O7S2. The maximum absolute atomic E-state index is 13.3. The number of halogens is 1. The van der Waals surface area contributed by atoms with Gasteiger partial charge in [-0.05, 0) is 48.2 Å². The number of carbonyl (C=O) groups excluding carboxylic acids is 2. The van der Waals surface area contributed by atoms with E-state index in [2.05, 4.69) is 10.2 Å². The molecule has 0 bridgehead atoms. The molecule has 1 N–H and O–H groups in total. The number of amides is 2. The Morgan fingerprint density at radius 1 is 0.680 bits per heavy atom. The predicted molar refractivity (Wildman–Crippen MR) is 197 cm³/mol. The minimum Gasteiger partial charge on any atom is -0.378 e. The summed E-state index contributed by atoms with van der Waals surface area (Å²) in [4.78, 5) is 27.3. The molecule has 266 valence electrons. The summed E-state index contributed by atoms with van der Waals surface area (Å²) in [5, 5.41) is 2.88. The molecule has 6 rings (SSSR count). The highest BCUT2D eigenvalue weighted by Crippen LogP contribution is 2.38. The van der Waals surface area contributed by atoms with Crippen LogP contribution >= 0.6 is 11.6 Å². The van der Waals surface area contributed by atoms with Gasteiger partial charge in [0.2, 0.25) is 0 Å². The van der Waals surface area contributed by atoms with Crippen molar-refractivity contribution in [3.8, 4) is 0 Å². The van der Waals surface area contributed by atoms with E-state index in [0.29, 0.717) is 42.9 Å². The van der Waals surface area contributed by atoms with Crippen molar-refractivity contribution < 1.29 is 31.2 Å². The molecule has 11 nitrogen and oxygen atoms in total. The van der Waals surface area contributed by atoms with Crippen molar-refractivity contribution in [2.75, 3.05) is 49.6 Å². The van der Waals surface area contributed by atoms with Gasteiger partial charge in [0.15, 0.2) is 0 Å². The summed E-state index contributed by atoms with van der Waals surface area (Å²) < 4.78 is 58.5. The van der Waals surface area contributed by atoms with E-state index in [1.165, 1.54) is 0 Å². The quantitative estimate of drug-likeness (QED) is 0.257. The lowest BCUT2D eigenvalue weighted by Gasteiger charge is -2.29. The zero-order chi connectivity index (χ0) is 35.9. The van der Waals surface area contributed by atoms with Gasteiger partial charge in [0.1, 0.15) is 20.5 Å². The van der Waals surface area contributed by atoms with Crippen LogP contribution in [0.25, 0.3) is 9.81 Å². The molecule has 0 saturated carbocycles. The van der Waals surface area contributed by atoms with Crippen LogP contribution in [-0.2, 0) is 34.4 Å². The first-order valence-electron chi connectivity index (χ1n) is 16.6. The van der Waals surface area contributed by atoms with E-state index in [9.17, 15) is 26.4 Å². The summed E-state index contributed by atoms with van der Waals surface area (Å²) in [6.45, 7) is 7.31. The molecule has 1 saturated heterocycles. The Morgan fingerprint density at radius 2 is 1.16 bits per heavy atom. The van der Waals surface area contributed by atoms with Crippen molar-refractivity contribution in [1.82, 2.24) is 8.61 Å². The van der Waals surface area contributed by atoms with Gasteiger partial charge < -0.3 is 15.0 Å². The van der Waals surface area contributed by atoms with E-state index in [4.69, 9.17) is 16.3 Å². The highest BCUT2D eigenvalue weighted by Gasteiger charge is 2.45. The SMILES string of the molecule is CCCCN1C(=O)C(Cl)=C(c2ccccc2)S1(=O)=O.CCCCN1C(=O)C(Nc2ccc(N3CCOCC3)cc2)=C(c2ccccc2)S1(=O)=O. The average Bonchev–Trinajstić information content (AvgIpc) is 3.42. The van der Waals surface area contributed by atoms with Gasteiger partial charge in [-0.25, -0.2) is 25.4 Å². The zero-order valence-corrected chi connectivity index (χ0v) is 30.4. The Labute approximate surface area is 299 Å². The molecule has 0 radical (unpaired) electrons. The summed E-state index contributed by atoms with van der Waals surface area (Å²) in [6.07, 6.45) is 2.84. The van der Waals surface area contributed by atoms with Crippen LogP contribution in [0.2, 0.25) is 0 Å². The molecule has 14 heteroatoms. The predicted octanol–water partition coefficient (Wildman–Crippen LogP) is 5.84. The van der Waals surface area contributed by atoms with E-state index in [1.807, 2.05) is 44.2 Å². The summed E-state index contributed by atoms with van der Waals surface area (Å²) >= 11 is 5.93. The minimum atomic E-state index is -3.92. The molecule has 0 unspecified atom stereocenters. The Balaban J connectivity index is 0.000000219. The summed E-state index contributed by atoms with van der Waals surface area (Å²) in [5.74, 6) is -1.14. The van der Waals surface area contributed by atoms with Gasteiger partial charge in [0.25, 0.3) is 31.9 Å². The zero-order valence-electron chi connectivity index (χ0n) is 28.0. The number of unbranched alkanes of at least 4 members (excludes halogenated alkanes) is 2. The van der Waals surface area contributed by atoms with E-state index >= 15 is 0 Å². The molecule has 0 atom stereocenters. The van der Waals surface area contributed by atoms with Crippen LogP contribution < -0.4 is 10.2 Å². The first kappa shape index (κ1) is 37.1. The Kier molecular flexibility index (Phi) is 12.0. The number of hydrogen-bond acceptors (Lipinski definition) is 9. The number of rotatable bonds is 11. The second kappa shape index (κ2) is 16.2. The topological polar surface area (TPSA) is 133 Å². The van der Waals surface area contributed by atoms with Crippen LogP contribution in [0.1, 0.15) is 50.7 Å². The maximum atomic E-state index is 13.3. The summed E-state index contributed by atoms with van der Waals surface area (Å²) in [7, 11) is -7.74. The van der Waals surface area contributed by atoms with E-state index in [-0.39, 0.29) is 33.6 Å². The number of morpholine rings is 1. The fraction of sp³-hybridized carbons (Fsp3) is 0.333. The number of ether oxygens (including phenoxy) is 1. The van der Waals surface area contributed by atoms with Crippen LogP contribution in [0.3, 0.4) is 0 Å². The standard InChI is InChI=1S/C23H27N3O4S.C13H14ClNO3S/c1-2-3-13-26-23(27)21(22(31(26,28)29)18-7-5-4-6-8-18)24-19-9-11-20(12-10-19)25-14-16-30-17-15-25;1-2-3-9-15-13(16)11(14)12(19(15,17)18)10-7-5-4-6-8-10/h4-12,24H,2-3,13-17H2,1H3;4-8H,2-3,9H2,1H3. The van der Waals surface area contributed by atoms with Crippen molar-refractivity contribution in [2.45, 2.75) is 39.5 Å². The van der Waals surface area contributed by atoms with Gasteiger partial charge >= 0.3 is 0 Å². The van der Waals surface area contributed by atoms with Crippen LogP contribution in [0.4, 0.5) is 11.4 Å². The second-order valence-electron chi connectivity index (χ2n) is 11.8. The second-order valence-corrected chi connectivity index (χ2v) is 15.8. The van der Waals surface area contributed by atoms with Crippen molar-refractivity contribution in [1.29, 1.82) is 0 Å². The third kappa shape index (κ3) is 7.75. The van der Waals surface area contributed by atoms with E-state index < -0.39 is 31.9 Å². The number of nitrogens with one attached hydrogen (secondary N) is 1. The van der Waals surface area contributed by atoms with Gasteiger partial charge in [0, 0.05) is 37.6 Å². The Bertz CT molecular complexity index is 1960. The summed E-state index contributed by atoms with van der Waals surface area (Å²) in [5.41, 5.74) is 2.78. The molecule has 50 heavy (non-hydrogen) atoms. The van der Waals surface area contributed by atoms with E-state index in [0.717, 1.165) is 40.2 Å². The molecule has 3 aliphatic rings. The average molecular weight is 741 g/mol. The number of hydrogen-bond donors (Lipinski definition) is 1. The molecule has 3 aromatic carbocycles. The lowest BCUT2D eigenvalue weighted by molar-refractivity contribution is -0.122. The van der Waals surface area contributed by atoms with Gasteiger partial charge in [-0.1, -0.05) is 99.0 Å². The fourth-order valence-electron chi connectivity index (χ4n) is 5.74. The van der Waals surface area contributed by atoms with Crippen LogP contribution in [0.15, 0.2) is 95.7 Å². The van der Waals surface area contributed by atoms with Gasteiger partial charge in [-0.2, -0.15) is 0 Å². The molecule has 0 spiro atoms. The number of benzene rings is 3. The molecule has 0 aliphatic carbocycles. The Morgan fingerprint density at radius 3 is 1.68 bits per heavy atom. The van der Waals surface area contributed by atoms with Crippen molar-refractivity contribution in [2.24, 2.45) is 0 Å². The minimum absolute atomic E-state index is 0.0338. The van der Waals surface area contributed by atoms with Gasteiger partial charge in [-0.15, -0.1) is 0 Å². The van der Waals surface area contributed by atoms with Gasteiger partial charge in [0.05, 0.1) is 13.2 Å². The summed E-state index contributed by atoms with van der Waals surface area (Å²) in [6, 6.07) is 24.9. The Hall–Kier alpha value is -4.17. The maximum Gasteiger partial charge on any atom is 0.285 e. The van der Waals surface area contributed by atoms with Gasteiger partial charge in [-0.3, -0.25) is 9.59 Å². The highest BCUT2D eigenvalue weighted by molar-refractivity contribution is 8.00. The lowest BCUT2D eigenvalue weighted by Crippen LogP contribution is -2.36. The van der Waals surface area contributed by atoms with Crippen LogP contribution in [0, 0.1) is 0 Å². The molecule has 3 aromatic rings. The molecule has 3 heterocycles. The van der Waals surface area contributed by atoms with Crippen LogP contribution in [0.5, 0.6) is 0 Å². The van der Waals surface area contributed by atoms with Crippen molar-refractivity contribution in [3.05, 3.63) is 107 Å². The monoisotopic (exact) mass is 740 g/mol. The largest absolute Gasteiger partial charge is 0.378 e. The first-order valence-corrected chi connectivity index (χ1v) is 19.9. The van der Waals surface area contributed by atoms with Crippen molar-refractivity contribution in [3.63, 3.8) is 0 Å². The number of nitrogens with zero attached hydrogens (tertiary/aromatic N) is 3. The third-order valence-electron chi connectivity index (χ3n) is 8.39. The first-order chi connectivity index (χ1) is 24.0. The van der Waals surface area contributed by atoms with Crippen LogP contribution in [-0.4, -0.2) is 76.7 Å². The third-order valence-corrected chi connectivity index (χ3v) is 12.6. The molecule has 3 aliphatic heterocycles. The van der Waals surface area contributed by atoms with E-state index in [1.54, 1.807) is 54.6 Å². The number of sulfonamides is 2. The normalized spacial score (nSPS) is 18.4. The van der Waals surface area contributed by atoms with Crippen molar-refractivity contribution >= 4 is 64.6 Å². The number of anilines is 2. The molecule has 1 fully saturated rings. The lowest BCUT2D eigenvalue weighted by atomic mass is 10.1. The number of carbonyl (C=O) groups is 2. The fourth-order valence-corrected chi connectivity index (χ4v) is 9.67. The molecular weight excluding hydrogens is 700 g/mol. The highest BCUT2D eigenvalue weighted by atomic mass is 35.5. The molecule has 0 aromatic heterocycles.